The molecule has 0 radical (unpaired) electrons. The van der Waals surface area contributed by atoms with Crippen molar-refractivity contribution in [1.29, 1.82) is 0 Å². The molecule has 0 bridgehead atoms. The molecule has 0 aliphatic carbocycles. The van der Waals surface area contributed by atoms with Gasteiger partial charge in [-0.3, -0.25) is 0 Å². The fourth-order valence-corrected chi connectivity index (χ4v) is 2.07. The Balaban J connectivity index is 1.83. The van der Waals surface area contributed by atoms with Gasteiger partial charge in [-0.2, -0.15) is 0 Å². The van der Waals surface area contributed by atoms with E-state index >= 15 is 0 Å². The number of rotatable bonds is 5. The molecular weight excluding hydrogens is 302 g/mol. The lowest BCUT2D eigenvalue weighted by atomic mass is 10.1. The van der Waals surface area contributed by atoms with Gasteiger partial charge in [-0.25, -0.2) is 13.6 Å². The van der Waals surface area contributed by atoms with Gasteiger partial charge >= 0.3 is 6.03 Å². The van der Waals surface area contributed by atoms with Crippen LogP contribution in [0.4, 0.5) is 13.6 Å². The van der Waals surface area contributed by atoms with Crippen LogP contribution in [0.3, 0.4) is 0 Å². The highest BCUT2D eigenvalue weighted by Gasteiger charge is 2.18. The van der Waals surface area contributed by atoms with Crippen molar-refractivity contribution in [3.05, 3.63) is 70.8 Å². The first-order valence-corrected chi connectivity index (χ1v) is 7.16. The zero-order chi connectivity index (χ0) is 16.8. The van der Waals surface area contributed by atoms with Crippen molar-refractivity contribution >= 4 is 6.03 Å². The molecule has 1 atom stereocenters. The van der Waals surface area contributed by atoms with Crippen molar-refractivity contribution in [1.82, 2.24) is 10.6 Å². The van der Waals surface area contributed by atoms with Crippen LogP contribution in [0.15, 0.2) is 42.5 Å². The number of aliphatic hydroxyl groups is 1. The number of hydrogen-bond acceptors (Lipinski definition) is 2. The van der Waals surface area contributed by atoms with E-state index in [2.05, 4.69) is 10.6 Å². The molecular formula is C17H18F2N2O2. The number of aryl methyl sites for hydroxylation is 1. The number of urea groups is 1. The summed E-state index contributed by atoms with van der Waals surface area (Å²) < 4.78 is 27.0. The van der Waals surface area contributed by atoms with Gasteiger partial charge in [0.25, 0.3) is 0 Å². The van der Waals surface area contributed by atoms with Crippen molar-refractivity contribution in [2.24, 2.45) is 0 Å². The fourth-order valence-electron chi connectivity index (χ4n) is 2.07. The molecule has 0 spiro atoms. The molecule has 2 aromatic carbocycles. The second kappa shape index (κ2) is 7.69. The zero-order valence-corrected chi connectivity index (χ0v) is 12.6. The van der Waals surface area contributed by atoms with E-state index in [4.69, 9.17) is 0 Å². The van der Waals surface area contributed by atoms with Gasteiger partial charge in [-0.1, -0.05) is 35.9 Å². The van der Waals surface area contributed by atoms with Crippen molar-refractivity contribution in [3.63, 3.8) is 0 Å². The lowest BCUT2D eigenvalue weighted by Crippen LogP contribution is -2.37. The quantitative estimate of drug-likeness (QED) is 0.793. The van der Waals surface area contributed by atoms with Gasteiger partial charge in [-0.15, -0.1) is 0 Å². The number of carbonyl (C=O) groups excluding carboxylic acids is 1. The summed E-state index contributed by atoms with van der Waals surface area (Å²) >= 11 is 0. The van der Waals surface area contributed by atoms with Crippen molar-refractivity contribution in [2.75, 3.05) is 6.54 Å². The van der Waals surface area contributed by atoms with Crippen molar-refractivity contribution in [2.45, 2.75) is 19.6 Å². The first-order chi connectivity index (χ1) is 11.0. The maximum Gasteiger partial charge on any atom is 0.315 e. The van der Waals surface area contributed by atoms with Gasteiger partial charge < -0.3 is 15.7 Å². The Labute approximate surface area is 133 Å². The van der Waals surface area contributed by atoms with Crippen LogP contribution < -0.4 is 10.6 Å². The Morgan fingerprint density at radius 3 is 2.30 bits per heavy atom. The summed E-state index contributed by atoms with van der Waals surface area (Å²) in [4.78, 5) is 11.7. The van der Waals surface area contributed by atoms with Crippen LogP contribution in [-0.2, 0) is 6.54 Å². The van der Waals surface area contributed by atoms with Gasteiger partial charge in [0.15, 0.2) is 0 Å². The maximum absolute atomic E-state index is 13.5. The number of nitrogens with one attached hydrogen (secondary N) is 2. The minimum absolute atomic E-state index is 0.294. The first kappa shape index (κ1) is 16.9. The molecule has 0 fully saturated rings. The molecule has 0 saturated carbocycles. The third-order valence-corrected chi connectivity index (χ3v) is 3.36. The highest BCUT2D eigenvalue weighted by atomic mass is 19.1. The Morgan fingerprint density at radius 2 is 1.70 bits per heavy atom. The lowest BCUT2D eigenvalue weighted by molar-refractivity contribution is 0.164. The van der Waals surface area contributed by atoms with Crippen LogP contribution in [0.5, 0.6) is 0 Å². The molecule has 0 aliphatic rings. The summed E-state index contributed by atoms with van der Waals surface area (Å²) in [7, 11) is 0. The van der Waals surface area contributed by atoms with Crippen molar-refractivity contribution < 1.29 is 18.7 Å². The van der Waals surface area contributed by atoms with E-state index in [-0.39, 0.29) is 6.54 Å². The van der Waals surface area contributed by atoms with Gasteiger partial charge in [0.1, 0.15) is 17.7 Å². The number of halogens is 2. The maximum atomic E-state index is 13.5. The minimum Gasteiger partial charge on any atom is -0.386 e. The van der Waals surface area contributed by atoms with Crippen LogP contribution in [0.2, 0.25) is 0 Å². The van der Waals surface area contributed by atoms with E-state index in [1.165, 1.54) is 6.07 Å². The predicted octanol–water partition coefficient (Wildman–Crippen LogP) is 2.81. The molecule has 1 unspecified atom stereocenters. The predicted molar refractivity (Wildman–Crippen MR) is 82.7 cm³/mol. The second-order valence-electron chi connectivity index (χ2n) is 5.20. The summed E-state index contributed by atoms with van der Waals surface area (Å²) in [5.41, 5.74) is 1.59. The topological polar surface area (TPSA) is 61.4 Å². The van der Waals surface area contributed by atoms with Crippen LogP contribution >= 0.6 is 0 Å². The van der Waals surface area contributed by atoms with Gasteiger partial charge in [0, 0.05) is 13.1 Å². The molecule has 0 heterocycles. The van der Waals surface area contributed by atoms with Crippen molar-refractivity contribution in [3.8, 4) is 0 Å². The van der Waals surface area contributed by atoms with Gasteiger partial charge in [0.2, 0.25) is 0 Å². The molecule has 2 aromatic rings. The molecule has 23 heavy (non-hydrogen) atoms. The summed E-state index contributed by atoms with van der Waals surface area (Å²) in [6.07, 6.45) is -1.46. The Morgan fingerprint density at radius 1 is 1.09 bits per heavy atom. The summed E-state index contributed by atoms with van der Waals surface area (Å²) in [6, 6.07) is 10.4. The molecule has 122 valence electrons. The molecule has 2 rings (SSSR count). The number of aliphatic hydroxyl groups excluding tert-OH is 1. The van der Waals surface area contributed by atoms with E-state index < -0.39 is 29.3 Å². The third kappa shape index (κ3) is 4.75. The Bertz CT molecular complexity index is 655. The molecule has 4 nitrogen and oxygen atoms in total. The molecule has 0 aliphatic heterocycles. The zero-order valence-electron chi connectivity index (χ0n) is 12.6. The second-order valence-corrected chi connectivity index (χ2v) is 5.20. The van der Waals surface area contributed by atoms with E-state index in [1.54, 1.807) is 0 Å². The fraction of sp³-hybridized carbons (Fsp3) is 0.235. The van der Waals surface area contributed by atoms with Gasteiger partial charge in [-0.05, 0) is 24.6 Å². The van der Waals surface area contributed by atoms with E-state index in [1.807, 2.05) is 31.2 Å². The Hall–Kier alpha value is -2.47. The first-order valence-electron chi connectivity index (χ1n) is 7.16. The molecule has 6 heteroatoms. The average molecular weight is 320 g/mol. The standard InChI is InChI=1S/C17H18F2N2O2/c1-11-5-7-12(8-6-11)9-20-17(23)21-10-15(22)16-13(18)3-2-4-14(16)19/h2-8,15,22H,9-10H2,1H3,(H2,20,21,23). The van der Waals surface area contributed by atoms with Gasteiger partial charge in [0.05, 0.1) is 5.56 Å². The largest absolute Gasteiger partial charge is 0.386 e. The summed E-state index contributed by atoms with van der Waals surface area (Å²) in [5, 5.41) is 14.8. The van der Waals surface area contributed by atoms with E-state index in [0.717, 1.165) is 23.3 Å². The summed E-state index contributed by atoms with van der Waals surface area (Å²) in [5.74, 6) is -1.70. The van der Waals surface area contributed by atoms with Crippen LogP contribution in [-0.4, -0.2) is 17.7 Å². The smallest absolute Gasteiger partial charge is 0.315 e. The molecule has 0 saturated heterocycles. The number of amides is 2. The monoisotopic (exact) mass is 320 g/mol. The van der Waals surface area contributed by atoms with E-state index in [9.17, 15) is 18.7 Å². The number of carbonyl (C=O) groups is 1. The van der Waals surface area contributed by atoms with Crippen LogP contribution in [0.25, 0.3) is 0 Å². The number of benzene rings is 2. The minimum atomic E-state index is -1.46. The Kier molecular flexibility index (Phi) is 5.65. The van der Waals surface area contributed by atoms with Crippen LogP contribution in [0.1, 0.15) is 22.8 Å². The number of hydrogen-bond donors (Lipinski definition) is 3. The SMILES string of the molecule is Cc1ccc(CNC(=O)NCC(O)c2c(F)cccc2F)cc1. The third-order valence-electron chi connectivity index (χ3n) is 3.36. The lowest BCUT2D eigenvalue weighted by Gasteiger charge is -2.14. The van der Waals surface area contributed by atoms with Crippen LogP contribution in [0, 0.1) is 18.6 Å². The summed E-state index contributed by atoms with van der Waals surface area (Å²) in [6.45, 7) is 1.99. The molecule has 2 amide bonds. The normalized spacial score (nSPS) is 11.8. The average Bonchev–Trinajstić information content (AvgIpc) is 2.52. The molecule has 3 N–H and O–H groups in total. The van der Waals surface area contributed by atoms with E-state index in [0.29, 0.717) is 6.54 Å². The highest BCUT2D eigenvalue weighted by Crippen LogP contribution is 2.19. The molecule has 0 aromatic heterocycles. The highest BCUT2D eigenvalue weighted by molar-refractivity contribution is 5.73.